The van der Waals surface area contributed by atoms with Crippen molar-refractivity contribution in [1.82, 2.24) is 5.32 Å². The number of amidine groups is 1. The lowest BCUT2D eigenvalue weighted by molar-refractivity contribution is 0.204. The van der Waals surface area contributed by atoms with E-state index in [4.69, 9.17) is 4.74 Å². The summed E-state index contributed by atoms with van der Waals surface area (Å²) in [6.07, 6.45) is 0. The van der Waals surface area contributed by atoms with E-state index in [0.29, 0.717) is 0 Å². The van der Waals surface area contributed by atoms with Crippen LogP contribution < -0.4 is 5.32 Å². The SMILES string of the molecule is COCCNC1=NCCS1. The number of nitrogens with zero attached hydrogens (tertiary/aromatic N) is 1. The molecule has 0 radical (unpaired) electrons. The Bertz CT molecular complexity index is 127. The maximum absolute atomic E-state index is 4.87. The zero-order valence-electron chi connectivity index (χ0n) is 6.09. The van der Waals surface area contributed by atoms with E-state index in [2.05, 4.69) is 10.3 Å². The molecule has 1 heterocycles. The second-order valence-corrected chi connectivity index (χ2v) is 3.04. The first-order chi connectivity index (χ1) is 4.93. The van der Waals surface area contributed by atoms with Crippen LogP contribution in [0.1, 0.15) is 0 Å². The Labute approximate surface area is 65.2 Å². The van der Waals surface area contributed by atoms with E-state index in [1.54, 1.807) is 18.9 Å². The molecule has 0 aromatic rings. The predicted octanol–water partition coefficient (Wildman–Crippen LogP) is 0.325. The number of hydrogen-bond donors (Lipinski definition) is 1. The molecule has 0 bridgehead atoms. The number of ether oxygens (including phenoxy) is 1. The van der Waals surface area contributed by atoms with E-state index in [9.17, 15) is 0 Å². The van der Waals surface area contributed by atoms with Crippen LogP contribution in [0, 0.1) is 0 Å². The largest absolute Gasteiger partial charge is 0.383 e. The molecule has 1 aliphatic rings. The highest BCUT2D eigenvalue weighted by molar-refractivity contribution is 8.14. The van der Waals surface area contributed by atoms with Gasteiger partial charge in [0.15, 0.2) is 5.17 Å². The zero-order valence-corrected chi connectivity index (χ0v) is 6.91. The van der Waals surface area contributed by atoms with E-state index in [1.165, 1.54) is 0 Å². The quantitative estimate of drug-likeness (QED) is 0.604. The van der Waals surface area contributed by atoms with Crippen LogP contribution >= 0.6 is 11.8 Å². The van der Waals surface area contributed by atoms with Crippen LogP contribution in [-0.2, 0) is 4.74 Å². The summed E-state index contributed by atoms with van der Waals surface area (Å²) in [5, 5.41) is 4.24. The number of nitrogens with one attached hydrogen (secondary N) is 1. The van der Waals surface area contributed by atoms with Crippen molar-refractivity contribution >= 4 is 16.9 Å². The van der Waals surface area contributed by atoms with Crippen molar-refractivity contribution in [2.24, 2.45) is 4.99 Å². The van der Waals surface area contributed by atoms with Crippen molar-refractivity contribution < 1.29 is 4.74 Å². The second kappa shape index (κ2) is 4.57. The van der Waals surface area contributed by atoms with E-state index in [-0.39, 0.29) is 0 Å². The maximum atomic E-state index is 4.87. The highest BCUT2D eigenvalue weighted by atomic mass is 32.2. The molecule has 1 aliphatic heterocycles. The summed E-state index contributed by atoms with van der Waals surface area (Å²) >= 11 is 1.78. The summed E-state index contributed by atoms with van der Waals surface area (Å²) in [7, 11) is 1.70. The Kier molecular flexibility index (Phi) is 3.60. The molecule has 1 rings (SSSR count). The van der Waals surface area contributed by atoms with E-state index < -0.39 is 0 Å². The van der Waals surface area contributed by atoms with Crippen LogP contribution in [0.3, 0.4) is 0 Å². The lowest BCUT2D eigenvalue weighted by Gasteiger charge is -2.02. The van der Waals surface area contributed by atoms with Gasteiger partial charge in [-0.15, -0.1) is 0 Å². The fraction of sp³-hybridized carbons (Fsp3) is 0.833. The normalized spacial score (nSPS) is 17.1. The topological polar surface area (TPSA) is 33.6 Å². The molecule has 1 N–H and O–H groups in total. The minimum Gasteiger partial charge on any atom is -0.383 e. The first-order valence-electron chi connectivity index (χ1n) is 3.33. The van der Waals surface area contributed by atoms with Gasteiger partial charge in [-0.25, -0.2) is 0 Å². The lowest BCUT2D eigenvalue weighted by atomic mass is 10.7. The van der Waals surface area contributed by atoms with Crippen LogP contribution in [0.2, 0.25) is 0 Å². The summed E-state index contributed by atoms with van der Waals surface area (Å²) < 4.78 is 4.87. The van der Waals surface area contributed by atoms with Crippen molar-refractivity contribution in [3.63, 3.8) is 0 Å². The highest BCUT2D eigenvalue weighted by Crippen LogP contribution is 2.07. The fourth-order valence-electron chi connectivity index (χ4n) is 0.702. The van der Waals surface area contributed by atoms with Gasteiger partial charge in [0.1, 0.15) is 0 Å². The average molecular weight is 160 g/mol. The summed E-state index contributed by atoms with van der Waals surface area (Å²) in [5.74, 6) is 1.12. The molecule has 0 saturated carbocycles. The minimum atomic E-state index is 0.750. The highest BCUT2D eigenvalue weighted by Gasteiger charge is 2.04. The van der Waals surface area contributed by atoms with Gasteiger partial charge in [0.2, 0.25) is 0 Å². The van der Waals surface area contributed by atoms with E-state index in [1.807, 2.05) is 0 Å². The van der Waals surface area contributed by atoms with Gasteiger partial charge in [0.05, 0.1) is 13.2 Å². The standard InChI is InChI=1S/C6H12N2OS/c1-9-4-2-7-6-8-3-5-10-6/h2-5H2,1H3,(H,7,8). The van der Waals surface area contributed by atoms with Crippen LogP contribution in [0.15, 0.2) is 4.99 Å². The molecule has 0 atom stereocenters. The summed E-state index contributed by atoms with van der Waals surface area (Å²) in [5.41, 5.74) is 0. The van der Waals surface area contributed by atoms with Gasteiger partial charge in [-0.05, 0) is 0 Å². The van der Waals surface area contributed by atoms with Crippen molar-refractivity contribution in [1.29, 1.82) is 0 Å². The monoisotopic (exact) mass is 160 g/mol. The average Bonchev–Trinajstić information content (AvgIpc) is 2.41. The van der Waals surface area contributed by atoms with Crippen molar-refractivity contribution in [2.45, 2.75) is 0 Å². The van der Waals surface area contributed by atoms with Gasteiger partial charge in [-0.2, -0.15) is 0 Å². The fourth-order valence-corrected chi connectivity index (χ4v) is 1.46. The molecular weight excluding hydrogens is 148 g/mol. The second-order valence-electron chi connectivity index (χ2n) is 1.95. The molecule has 4 heteroatoms. The number of thioether (sulfide) groups is 1. The predicted molar refractivity (Wildman–Crippen MR) is 44.6 cm³/mol. The molecule has 10 heavy (non-hydrogen) atoms. The maximum Gasteiger partial charge on any atom is 0.156 e. The lowest BCUT2D eigenvalue weighted by Crippen LogP contribution is -2.23. The number of hydrogen-bond acceptors (Lipinski definition) is 4. The first-order valence-corrected chi connectivity index (χ1v) is 4.32. The molecule has 0 unspecified atom stereocenters. The molecule has 3 nitrogen and oxygen atoms in total. The van der Waals surface area contributed by atoms with Crippen LogP contribution in [0.25, 0.3) is 0 Å². The molecule has 0 fully saturated rings. The van der Waals surface area contributed by atoms with Gasteiger partial charge in [-0.1, -0.05) is 11.8 Å². The number of rotatable bonds is 3. The third kappa shape index (κ3) is 2.58. The summed E-state index contributed by atoms with van der Waals surface area (Å²) in [6.45, 7) is 2.57. The first kappa shape index (κ1) is 7.88. The Morgan fingerprint density at radius 2 is 2.70 bits per heavy atom. The van der Waals surface area contributed by atoms with E-state index in [0.717, 1.165) is 30.6 Å². The number of methoxy groups -OCH3 is 1. The Balaban J connectivity index is 2.01. The molecule has 0 aliphatic carbocycles. The Morgan fingerprint density at radius 3 is 3.30 bits per heavy atom. The van der Waals surface area contributed by atoms with Crippen LogP contribution in [0.4, 0.5) is 0 Å². The van der Waals surface area contributed by atoms with Gasteiger partial charge in [-0.3, -0.25) is 4.99 Å². The number of aliphatic imine (C=N–C) groups is 1. The van der Waals surface area contributed by atoms with Gasteiger partial charge >= 0.3 is 0 Å². The minimum absolute atomic E-state index is 0.750. The third-order valence-electron chi connectivity index (χ3n) is 1.17. The van der Waals surface area contributed by atoms with Crippen LogP contribution in [-0.4, -0.2) is 37.7 Å². The van der Waals surface area contributed by atoms with Crippen molar-refractivity contribution in [2.75, 3.05) is 32.6 Å². The smallest absolute Gasteiger partial charge is 0.156 e. The van der Waals surface area contributed by atoms with E-state index >= 15 is 0 Å². The van der Waals surface area contributed by atoms with Gasteiger partial charge < -0.3 is 10.1 Å². The summed E-state index contributed by atoms with van der Waals surface area (Å²) in [4.78, 5) is 4.22. The van der Waals surface area contributed by atoms with Crippen molar-refractivity contribution in [3.8, 4) is 0 Å². The third-order valence-corrected chi connectivity index (χ3v) is 2.10. The molecule has 58 valence electrons. The molecule has 0 spiro atoms. The molecular formula is C6H12N2OS. The molecule has 0 amide bonds. The summed E-state index contributed by atoms with van der Waals surface area (Å²) in [6, 6.07) is 0. The Hall–Kier alpha value is -0.220. The van der Waals surface area contributed by atoms with Gasteiger partial charge in [0, 0.05) is 19.4 Å². The zero-order chi connectivity index (χ0) is 7.23. The Morgan fingerprint density at radius 1 is 1.80 bits per heavy atom. The van der Waals surface area contributed by atoms with Gasteiger partial charge in [0.25, 0.3) is 0 Å². The molecule has 0 saturated heterocycles. The van der Waals surface area contributed by atoms with Crippen LogP contribution in [0.5, 0.6) is 0 Å². The molecule has 0 aromatic heterocycles. The van der Waals surface area contributed by atoms with Crippen molar-refractivity contribution in [3.05, 3.63) is 0 Å². The molecule has 0 aromatic carbocycles.